The van der Waals surface area contributed by atoms with Crippen LogP contribution in [0.15, 0.2) is 65.6 Å². The zero-order valence-corrected chi connectivity index (χ0v) is 15.4. The topological polar surface area (TPSA) is 75.3 Å². The summed E-state index contributed by atoms with van der Waals surface area (Å²) in [7, 11) is -3.71. The molecule has 0 fully saturated rings. The van der Waals surface area contributed by atoms with Crippen LogP contribution in [0.25, 0.3) is 10.8 Å². The fraction of sp³-hybridized carbons (Fsp3) is 0.150. The summed E-state index contributed by atoms with van der Waals surface area (Å²) in [6.07, 6.45) is 0. The van der Waals surface area contributed by atoms with Crippen LogP contribution in [-0.2, 0) is 21.4 Å². The Hall–Kier alpha value is -2.70. The number of carbonyl (C=O) groups is 1. The van der Waals surface area contributed by atoms with Gasteiger partial charge < -0.3 is 5.32 Å². The van der Waals surface area contributed by atoms with Gasteiger partial charge in [-0.15, -0.1) is 0 Å². The smallest absolute Gasteiger partial charge is 0.241 e. The van der Waals surface area contributed by atoms with Gasteiger partial charge in [-0.2, -0.15) is 0 Å². The third-order valence-corrected chi connectivity index (χ3v) is 5.49. The lowest BCUT2D eigenvalue weighted by Gasteiger charge is -2.12. The highest BCUT2D eigenvalue weighted by Gasteiger charge is 2.18. The second-order valence-corrected chi connectivity index (χ2v) is 7.89. The minimum atomic E-state index is -3.71. The van der Waals surface area contributed by atoms with Crippen LogP contribution < -0.4 is 10.0 Å². The third-order valence-electron chi connectivity index (χ3n) is 4.03. The van der Waals surface area contributed by atoms with Crippen molar-refractivity contribution < 1.29 is 13.2 Å². The van der Waals surface area contributed by atoms with Crippen molar-refractivity contribution in [3.8, 4) is 0 Å². The minimum absolute atomic E-state index is 0.190. The number of amides is 1. The Bertz CT molecular complexity index is 1080. The Morgan fingerprint density at radius 2 is 1.65 bits per heavy atom. The lowest BCUT2D eigenvalue weighted by molar-refractivity contribution is -0.114. The SMILES string of the molecule is CC(=O)Nc1cccc2c(S(=O)(=O)NCc3cccc(C)c3)cccc12. The zero-order valence-electron chi connectivity index (χ0n) is 14.6. The summed E-state index contributed by atoms with van der Waals surface area (Å²) in [6.45, 7) is 3.60. The largest absolute Gasteiger partial charge is 0.326 e. The summed E-state index contributed by atoms with van der Waals surface area (Å²) >= 11 is 0. The molecule has 0 saturated carbocycles. The van der Waals surface area contributed by atoms with E-state index in [-0.39, 0.29) is 17.3 Å². The molecule has 3 aromatic rings. The molecule has 6 heteroatoms. The molecule has 134 valence electrons. The summed E-state index contributed by atoms with van der Waals surface area (Å²) in [5.74, 6) is -0.205. The molecule has 0 bridgehead atoms. The molecule has 5 nitrogen and oxygen atoms in total. The van der Waals surface area contributed by atoms with E-state index in [1.807, 2.05) is 31.2 Å². The van der Waals surface area contributed by atoms with Crippen LogP contribution in [-0.4, -0.2) is 14.3 Å². The Morgan fingerprint density at radius 1 is 0.962 bits per heavy atom. The first kappa shape index (κ1) is 18.1. The molecule has 3 aromatic carbocycles. The van der Waals surface area contributed by atoms with Gasteiger partial charge in [0, 0.05) is 29.9 Å². The summed E-state index contributed by atoms with van der Waals surface area (Å²) in [4.78, 5) is 11.6. The molecule has 26 heavy (non-hydrogen) atoms. The molecule has 0 heterocycles. The van der Waals surface area contributed by atoms with Crippen LogP contribution in [0.4, 0.5) is 5.69 Å². The average molecular weight is 368 g/mol. The van der Waals surface area contributed by atoms with Gasteiger partial charge in [0.2, 0.25) is 15.9 Å². The number of hydrogen-bond donors (Lipinski definition) is 2. The van der Waals surface area contributed by atoms with Gasteiger partial charge >= 0.3 is 0 Å². The average Bonchev–Trinajstić information content (AvgIpc) is 2.59. The highest BCUT2D eigenvalue weighted by atomic mass is 32.2. The number of sulfonamides is 1. The molecule has 1 amide bonds. The van der Waals surface area contributed by atoms with E-state index >= 15 is 0 Å². The Balaban J connectivity index is 1.97. The molecule has 0 aromatic heterocycles. The van der Waals surface area contributed by atoms with Gasteiger partial charge in [-0.25, -0.2) is 13.1 Å². The number of hydrogen-bond acceptors (Lipinski definition) is 3. The normalized spacial score (nSPS) is 11.5. The summed E-state index contributed by atoms with van der Waals surface area (Å²) in [6, 6.07) is 17.9. The summed E-state index contributed by atoms with van der Waals surface area (Å²) < 4.78 is 28.3. The first-order valence-electron chi connectivity index (χ1n) is 8.21. The Morgan fingerprint density at radius 3 is 2.38 bits per heavy atom. The van der Waals surface area contributed by atoms with Crippen molar-refractivity contribution in [3.63, 3.8) is 0 Å². The maximum atomic E-state index is 12.8. The molecule has 2 N–H and O–H groups in total. The van der Waals surface area contributed by atoms with E-state index in [2.05, 4.69) is 10.0 Å². The van der Waals surface area contributed by atoms with Crippen LogP contribution in [0.3, 0.4) is 0 Å². The number of benzene rings is 3. The predicted octanol–water partition coefficient (Wildman–Crippen LogP) is 3.59. The number of fused-ring (bicyclic) bond motifs is 1. The van der Waals surface area contributed by atoms with Crippen LogP contribution >= 0.6 is 0 Å². The van der Waals surface area contributed by atoms with Gasteiger partial charge in [-0.05, 0) is 24.6 Å². The predicted molar refractivity (Wildman–Crippen MR) is 103 cm³/mol. The second kappa shape index (κ2) is 7.27. The lowest BCUT2D eigenvalue weighted by Crippen LogP contribution is -2.23. The second-order valence-electron chi connectivity index (χ2n) is 6.15. The van der Waals surface area contributed by atoms with Gasteiger partial charge in [-0.1, -0.05) is 54.1 Å². The first-order chi connectivity index (χ1) is 12.4. The van der Waals surface area contributed by atoms with Crippen molar-refractivity contribution in [2.45, 2.75) is 25.3 Å². The van der Waals surface area contributed by atoms with Gasteiger partial charge in [0.1, 0.15) is 0 Å². The number of rotatable bonds is 5. The molecule has 0 atom stereocenters. The van der Waals surface area contributed by atoms with Crippen LogP contribution in [0.1, 0.15) is 18.1 Å². The highest BCUT2D eigenvalue weighted by Crippen LogP contribution is 2.28. The molecule has 0 saturated heterocycles. The number of carbonyl (C=O) groups excluding carboxylic acids is 1. The fourth-order valence-electron chi connectivity index (χ4n) is 2.89. The van der Waals surface area contributed by atoms with E-state index in [0.29, 0.717) is 16.5 Å². The number of anilines is 1. The van der Waals surface area contributed by atoms with Crippen molar-refractivity contribution in [2.75, 3.05) is 5.32 Å². The van der Waals surface area contributed by atoms with E-state index in [0.717, 1.165) is 11.1 Å². The highest BCUT2D eigenvalue weighted by molar-refractivity contribution is 7.89. The molecule has 3 rings (SSSR count). The lowest BCUT2D eigenvalue weighted by atomic mass is 10.1. The number of aryl methyl sites for hydroxylation is 1. The molecule has 0 radical (unpaired) electrons. The van der Waals surface area contributed by atoms with E-state index in [9.17, 15) is 13.2 Å². The van der Waals surface area contributed by atoms with Gasteiger partial charge in [0.25, 0.3) is 0 Å². The molecular formula is C20H20N2O3S. The van der Waals surface area contributed by atoms with E-state index in [1.54, 1.807) is 36.4 Å². The maximum Gasteiger partial charge on any atom is 0.241 e. The first-order valence-corrected chi connectivity index (χ1v) is 9.70. The standard InChI is InChI=1S/C20H20N2O3S/c1-14-6-3-7-16(12-14)13-21-26(24,25)20-11-5-8-17-18(20)9-4-10-19(17)22-15(2)23/h3-12,21H,13H2,1-2H3,(H,22,23). The Kier molecular flexibility index (Phi) is 5.06. The maximum absolute atomic E-state index is 12.8. The van der Waals surface area contributed by atoms with E-state index in [1.165, 1.54) is 6.92 Å². The van der Waals surface area contributed by atoms with Gasteiger partial charge in [0.05, 0.1) is 4.90 Å². The van der Waals surface area contributed by atoms with Gasteiger partial charge in [0.15, 0.2) is 0 Å². The van der Waals surface area contributed by atoms with E-state index in [4.69, 9.17) is 0 Å². The molecule has 0 spiro atoms. The van der Waals surface area contributed by atoms with Crippen molar-refractivity contribution in [2.24, 2.45) is 0 Å². The van der Waals surface area contributed by atoms with Crippen molar-refractivity contribution in [1.82, 2.24) is 4.72 Å². The van der Waals surface area contributed by atoms with Crippen molar-refractivity contribution in [3.05, 3.63) is 71.8 Å². The molecule has 0 aliphatic carbocycles. The monoisotopic (exact) mass is 368 g/mol. The fourth-order valence-corrected chi connectivity index (χ4v) is 4.13. The quantitative estimate of drug-likeness (QED) is 0.723. The van der Waals surface area contributed by atoms with Crippen LogP contribution in [0, 0.1) is 6.92 Å². The van der Waals surface area contributed by atoms with Crippen LogP contribution in [0.2, 0.25) is 0 Å². The van der Waals surface area contributed by atoms with Gasteiger partial charge in [-0.3, -0.25) is 4.79 Å². The summed E-state index contributed by atoms with van der Waals surface area (Å²) in [5, 5.41) is 3.98. The van der Waals surface area contributed by atoms with E-state index < -0.39 is 10.0 Å². The van der Waals surface area contributed by atoms with Crippen molar-refractivity contribution >= 4 is 32.4 Å². The molecule has 0 aliphatic rings. The zero-order chi connectivity index (χ0) is 18.7. The summed E-state index contributed by atoms with van der Waals surface area (Å²) in [5.41, 5.74) is 2.56. The minimum Gasteiger partial charge on any atom is -0.326 e. The number of nitrogens with one attached hydrogen (secondary N) is 2. The molecule has 0 unspecified atom stereocenters. The van der Waals surface area contributed by atoms with Crippen LogP contribution in [0.5, 0.6) is 0 Å². The molecular weight excluding hydrogens is 348 g/mol. The molecule has 0 aliphatic heterocycles. The third kappa shape index (κ3) is 3.92. The van der Waals surface area contributed by atoms with Crippen molar-refractivity contribution in [1.29, 1.82) is 0 Å². The Labute approximate surface area is 153 Å².